The summed E-state index contributed by atoms with van der Waals surface area (Å²) in [4.78, 5) is 0. The van der Waals surface area contributed by atoms with Crippen molar-refractivity contribution >= 4 is 27.5 Å². The molecule has 3 nitrogen and oxygen atoms in total. The summed E-state index contributed by atoms with van der Waals surface area (Å²) < 4.78 is 25.1. The van der Waals surface area contributed by atoms with Crippen LogP contribution in [0, 0.1) is 5.82 Å². The largest absolute Gasteiger partial charge is 0.495 e. The molecule has 0 saturated heterocycles. The molecule has 1 unspecified atom stereocenters. The van der Waals surface area contributed by atoms with Crippen LogP contribution in [0.1, 0.15) is 17.2 Å². The molecule has 0 aliphatic heterocycles. The van der Waals surface area contributed by atoms with Crippen LogP contribution in [0.25, 0.3) is 0 Å². The van der Waals surface area contributed by atoms with Gasteiger partial charge in [-0.1, -0.05) is 33.6 Å². The first-order chi connectivity index (χ1) is 9.99. The maximum Gasteiger partial charge on any atom is 0.146 e. The van der Waals surface area contributed by atoms with Gasteiger partial charge in [-0.2, -0.15) is 0 Å². The van der Waals surface area contributed by atoms with E-state index in [-0.39, 0.29) is 0 Å². The Bertz CT molecular complexity index is 666. The summed E-state index contributed by atoms with van der Waals surface area (Å²) in [6.07, 6.45) is 0. The fraction of sp³-hybridized carbons (Fsp3) is 0.200. The summed E-state index contributed by atoms with van der Waals surface area (Å²) in [5.74, 6) is 0.456. The molecule has 0 bridgehead atoms. The fourth-order valence-electron chi connectivity index (χ4n) is 2.08. The van der Waals surface area contributed by atoms with Crippen LogP contribution >= 0.6 is 27.5 Å². The predicted octanol–water partition coefficient (Wildman–Crippen LogP) is 4.31. The highest BCUT2D eigenvalue weighted by atomic mass is 79.9. The quantitative estimate of drug-likeness (QED) is 0.867. The minimum absolute atomic E-state index is 0.311. The molecule has 0 fully saturated rings. The zero-order valence-corrected chi connectivity index (χ0v) is 13.8. The van der Waals surface area contributed by atoms with Gasteiger partial charge in [0.2, 0.25) is 0 Å². The number of hydrogen-bond acceptors (Lipinski definition) is 3. The summed E-state index contributed by atoms with van der Waals surface area (Å²) in [5, 5.41) is 0.311. The summed E-state index contributed by atoms with van der Waals surface area (Å²) in [6, 6.07) is 7.42. The smallest absolute Gasteiger partial charge is 0.146 e. The zero-order chi connectivity index (χ0) is 15.6. The fourth-order valence-corrected chi connectivity index (χ4v) is 2.74. The lowest BCUT2D eigenvalue weighted by atomic mass is 9.98. The monoisotopic (exact) mass is 373 g/mol. The molecule has 1 atom stereocenters. The van der Waals surface area contributed by atoms with E-state index in [9.17, 15) is 4.39 Å². The van der Waals surface area contributed by atoms with Gasteiger partial charge in [0, 0.05) is 15.6 Å². The molecule has 2 N–H and O–H groups in total. The Morgan fingerprint density at radius 3 is 2.38 bits per heavy atom. The van der Waals surface area contributed by atoms with Gasteiger partial charge in [0.15, 0.2) is 0 Å². The average molecular weight is 375 g/mol. The molecule has 21 heavy (non-hydrogen) atoms. The lowest BCUT2D eigenvalue weighted by molar-refractivity contribution is 0.390. The van der Waals surface area contributed by atoms with Crippen LogP contribution in [0.15, 0.2) is 34.8 Å². The third kappa shape index (κ3) is 3.15. The van der Waals surface area contributed by atoms with Gasteiger partial charge >= 0.3 is 0 Å². The lowest BCUT2D eigenvalue weighted by Crippen LogP contribution is -2.15. The molecular formula is C15H14BrClFNO2. The third-order valence-corrected chi connectivity index (χ3v) is 4.00. The van der Waals surface area contributed by atoms with E-state index in [2.05, 4.69) is 15.9 Å². The van der Waals surface area contributed by atoms with E-state index in [0.717, 1.165) is 0 Å². The van der Waals surface area contributed by atoms with Crippen molar-refractivity contribution in [2.24, 2.45) is 5.73 Å². The van der Waals surface area contributed by atoms with E-state index in [1.807, 2.05) is 0 Å². The zero-order valence-electron chi connectivity index (χ0n) is 11.5. The third-order valence-electron chi connectivity index (χ3n) is 3.15. The van der Waals surface area contributed by atoms with Crippen molar-refractivity contribution in [3.05, 3.63) is 56.8 Å². The van der Waals surface area contributed by atoms with E-state index in [1.54, 1.807) is 24.3 Å². The van der Waals surface area contributed by atoms with Crippen molar-refractivity contribution < 1.29 is 13.9 Å². The Labute approximate surface area is 135 Å². The molecule has 2 aromatic carbocycles. The standard InChI is InChI=1S/C15H14BrClFNO2/c1-20-12-6-5-10(15(21-2)13(12)17)14(19)9-4-3-8(16)7-11(9)18/h3-7,14H,19H2,1-2H3. The molecule has 0 spiro atoms. The molecule has 6 heteroatoms. The molecule has 112 valence electrons. The van der Waals surface area contributed by atoms with Gasteiger partial charge in [0.1, 0.15) is 22.3 Å². The molecule has 0 saturated carbocycles. The number of nitrogens with two attached hydrogens (primary N) is 1. The predicted molar refractivity (Wildman–Crippen MR) is 84.7 cm³/mol. The van der Waals surface area contributed by atoms with Gasteiger partial charge in [0.05, 0.1) is 20.3 Å². The van der Waals surface area contributed by atoms with Gasteiger partial charge in [-0.3, -0.25) is 0 Å². The van der Waals surface area contributed by atoms with Crippen LogP contribution in [-0.2, 0) is 0 Å². The summed E-state index contributed by atoms with van der Waals surface area (Å²) in [5.41, 5.74) is 7.12. The van der Waals surface area contributed by atoms with Gasteiger partial charge in [-0.05, 0) is 24.3 Å². The number of rotatable bonds is 4. The van der Waals surface area contributed by atoms with Gasteiger partial charge in [-0.15, -0.1) is 0 Å². The van der Waals surface area contributed by atoms with Crippen LogP contribution in [0.3, 0.4) is 0 Å². The summed E-state index contributed by atoms with van der Waals surface area (Å²) in [6.45, 7) is 0. The van der Waals surface area contributed by atoms with Crippen molar-refractivity contribution in [1.29, 1.82) is 0 Å². The number of halogens is 3. The first-order valence-electron chi connectivity index (χ1n) is 6.10. The van der Waals surface area contributed by atoms with E-state index in [4.69, 9.17) is 26.8 Å². The Morgan fingerprint density at radius 2 is 1.81 bits per heavy atom. The van der Waals surface area contributed by atoms with E-state index < -0.39 is 11.9 Å². The normalized spacial score (nSPS) is 12.1. The number of ether oxygens (including phenoxy) is 2. The van der Waals surface area contributed by atoms with Crippen LogP contribution in [0.5, 0.6) is 11.5 Å². The maximum absolute atomic E-state index is 14.1. The molecule has 0 aromatic heterocycles. The Balaban J connectivity index is 2.52. The van der Waals surface area contributed by atoms with Crippen molar-refractivity contribution in [3.63, 3.8) is 0 Å². The second kappa shape index (κ2) is 6.64. The van der Waals surface area contributed by atoms with Crippen molar-refractivity contribution in [3.8, 4) is 11.5 Å². The highest BCUT2D eigenvalue weighted by molar-refractivity contribution is 9.10. The molecule has 0 aliphatic carbocycles. The van der Waals surface area contributed by atoms with Gasteiger partial charge in [0.25, 0.3) is 0 Å². The highest BCUT2D eigenvalue weighted by Gasteiger charge is 2.21. The average Bonchev–Trinajstić information content (AvgIpc) is 2.46. The van der Waals surface area contributed by atoms with Crippen molar-refractivity contribution in [2.45, 2.75) is 6.04 Å². The summed E-state index contributed by atoms with van der Waals surface area (Å²) in [7, 11) is 2.99. The van der Waals surface area contributed by atoms with Crippen LogP contribution in [0.4, 0.5) is 4.39 Å². The molecular weight excluding hydrogens is 361 g/mol. The minimum atomic E-state index is -0.698. The number of benzene rings is 2. The molecule has 0 radical (unpaired) electrons. The maximum atomic E-state index is 14.1. The molecule has 0 heterocycles. The Kier molecular flexibility index (Phi) is 5.08. The lowest BCUT2D eigenvalue weighted by Gasteiger charge is -2.19. The topological polar surface area (TPSA) is 44.5 Å². The first-order valence-corrected chi connectivity index (χ1v) is 7.27. The van der Waals surface area contributed by atoms with E-state index >= 15 is 0 Å². The summed E-state index contributed by atoms with van der Waals surface area (Å²) >= 11 is 9.42. The minimum Gasteiger partial charge on any atom is -0.495 e. The van der Waals surface area contributed by atoms with Crippen LogP contribution < -0.4 is 15.2 Å². The SMILES string of the molecule is COc1ccc(C(N)c2ccc(Br)cc2F)c(OC)c1Cl. The van der Waals surface area contributed by atoms with Crippen LogP contribution in [0.2, 0.25) is 5.02 Å². The van der Waals surface area contributed by atoms with Gasteiger partial charge in [-0.25, -0.2) is 4.39 Å². The van der Waals surface area contributed by atoms with Gasteiger partial charge < -0.3 is 15.2 Å². The number of methoxy groups -OCH3 is 2. The Hall–Kier alpha value is -1.30. The Morgan fingerprint density at radius 1 is 1.14 bits per heavy atom. The van der Waals surface area contributed by atoms with E-state index in [0.29, 0.717) is 32.1 Å². The molecule has 0 aliphatic rings. The van der Waals surface area contributed by atoms with Crippen LogP contribution in [-0.4, -0.2) is 14.2 Å². The molecule has 0 amide bonds. The second-order valence-corrected chi connectivity index (χ2v) is 5.64. The number of hydrogen-bond donors (Lipinski definition) is 1. The molecule has 2 aromatic rings. The molecule has 2 rings (SSSR count). The highest BCUT2D eigenvalue weighted by Crippen LogP contribution is 2.40. The van der Waals surface area contributed by atoms with E-state index in [1.165, 1.54) is 20.3 Å². The second-order valence-electron chi connectivity index (χ2n) is 4.35. The van der Waals surface area contributed by atoms with Crippen molar-refractivity contribution in [2.75, 3.05) is 14.2 Å². The first kappa shape index (κ1) is 16.1. The van der Waals surface area contributed by atoms with Crippen molar-refractivity contribution in [1.82, 2.24) is 0 Å².